The number of fused-ring (bicyclic) bond motifs is 1. The van der Waals surface area contributed by atoms with Crippen molar-refractivity contribution in [3.8, 4) is 17.2 Å². The molecule has 0 unspecified atom stereocenters. The third kappa shape index (κ3) is 2.53. The second kappa shape index (κ2) is 5.39. The average molecular weight is 317 g/mol. The summed E-state index contributed by atoms with van der Waals surface area (Å²) in [5.41, 5.74) is 0.889. The Morgan fingerprint density at radius 1 is 1.14 bits per heavy atom. The van der Waals surface area contributed by atoms with Crippen molar-refractivity contribution < 1.29 is 14.3 Å². The monoisotopic (exact) mass is 316 g/mol. The van der Waals surface area contributed by atoms with E-state index in [4.69, 9.17) is 20.8 Å². The molecule has 22 heavy (non-hydrogen) atoms. The predicted molar refractivity (Wildman–Crippen MR) is 85.1 cm³/mol. The molecule has 0 spiro atoms. The maximum Gasteiger partial charge on any atom is 0.235 e. The zero-order chi connectivity index (χ0) is 15.9. The van der Waals surface area contributed by atoms with Crippen molar-refractivity contribution in [1.82, 2.24) is 0 Å². The Balaban J connectivity index is 2.12. The summed E-state index contributed by atoms with van der Waals surface area (Å²) in [5, 5.41) is 10.4. The third-order valence-corrected chi connectivity index (χ3v) is 3.77. The van der Waals surface area contributed by atoms with E-state index >= 15 is 0 Å². The van der Waals surface area contributed by atoms with Gasteiger partial charge in [-0.3, -0.25) is 4.79 Å². The van der Waals surface area contributed by atoms with Crippen molar-refractivity contribution in [2.75, 3.05) is 0 Å². The maximum absolute atomic E-state index is 12.5. The van der Waals surface area contributed by atoms with Gasteiger partial charge in [0.1, 0.15) is 22.8 Å². The fourth-order valence-corrected chi connectivity index (χ4v) is 2.31. The highest BCUT2D eigenvalue weighted by Gasteiger charge is 2.14. The van der Waals surface area contributed by atoms with E-state index < -0.39 is 0 Å². The van der Waals surface area contributed by atoms with Gasteiger partial charge in [-0.2, -0.15) is 0 Å². The van der Waals surface area contributed by atoms with Gasteiger partial charge in [-0.05, 0) is 49.7 Å². The molecule has 0 aliphatic heterocycles. The lowest BCUT2D eigenvalue weighted by atomic mass is 10.2. The summed E-state index contributed by atoms with van der Waals surface area (Å²) in [6, 6.07) is 9.50. The molecule has 0 aliphatic rings. The summed E-state index contributed by atoms with van der Waals surface area (Å²) in [6.07, 6.45) is 0. The van der Waals surface area contributed by atoms with Crippen molar-refractivity contribution in [2.24, 2.45) is 0 Å². The Labute approximate surface area is 131 Å². The smallest absolute Gasteiger partial charge is 0.235 e. The van der Waals surface area contributed by atoms with Crippen LogP contribution in [0.5, 0.6) is 17.2 Å². The van der Waals surface area contributed by atoms with Crippen LogP contribution in [0, 0.1) is 13.8 Å². The quantitative estimate of drug-likeness (QED) is 0.753. The van der Waals surface area contributed by atoms with Crippen LogP contribution in [0.2, 0.25) is 5.02 Å². The van der Waals surface area contributed by atoms with Crippen LogP contribution in [0.15, 0.2) is 45.6 Å². The molecule has 0 bridgehead atoms. The minimum Gasteiger partial charge on any atom is -0.508 e. The van der Waals surface area contributed by atoms with E-state index in [1.54, 1.807) is 25.1 Å². The lowest BCUT2D eigenvalue weighted by molar-refractivity contribution is 0.434. The number of phenols is 1. The highest BCUT2D eigenvalue weighted by molar-refractivity contribution is 6.31. The van der Waals surface area contributed by atoms with Gasteiger partial charge in [-0.15, -0.1) is 0 Å². The molecule has 0 amide bonds. The second-order valence-corrected chi connectivity index (χ2v) is 5.42. The summed E-state index contributed by atoms with van der Waals surface area (Å²) in [7, 11) is 0. The molecule has 1 aromatic heterocycles. The van der Waals surface area contributed by atoms with Gasteiger partial charge in [0, 0.05) is 11.1 Å². The summed E-state index contributed by atoms with van der Waals surface area (Å²) < 4.78 is 11.3. The van der Waals surface area contributed by atoms with Crippen LogP contribution in [0.25, 0.3) is 11.0 Å². The molecule has 1 heterocycles. The Kier molecular flexibility index (Phi) is 3.54. The number of aryl methyl sites for hydroxylation is 2. The summed E-state index contributed by atoms with van der Waals surface area (Å²) in [5.74, 6) is 1.02. The van der Waals surface area contributed by atoms with Crippen molar-refractivity contribution in [3.63, 3.8) is 0 Å². The lowest BCUT2D eigenvalue weighted by Crippen LogP contribution is -2.07. The SMILES string of the molecule is Cc1cc(Oc2c(C)oc3cc(O)ccc3c2=O)ccc1Cl. The number of aromatic hydroxyl groups is 1. The normalized spacial score (nSPS) is 10.9. The Bertz CT molecular complexity index is 928. The van der Waals surface area contributed by atoms with Crippen LogP contribution >= 0.6 is 11.6 Å². The van der Waals surface area contributed by atoms with Crippen molar-refractivity contribution in [3.05, 3.63) is 63.0 Å². The summed E-state index contributed by atoms with van der Waals surface area (Å²) in [6.45, 7) is 3.50. The van der Waals surface area contributed by atoms with E-state index in [1.807, 2.05) is 6.92 Å². The van der Waals surface area contributed by atoms with E-state index in [0.717, 1.165) is 5.56 Å². The van der Waals surface area contributed by atoms with E-state index in [1.165, 1.54) is 18.2 Å². The molecule has 4 nitrogen and oxygen atoms in total. The first-order chi connectivity index (χ1) is 10.5. The van der Waals surface area contributed by atoms with Crippen LogP contribution in [-0.4, -0.2) is 5.11 Å². The molecular weight excluding hydrogens is 304 g/mol. The second-order valence-electron chi connectivity index (χ2n) is 5.01. The first kappa shape index (κ1) is 14.5. The molecular formula is C17H13ClO4. The van der Waals surface area contributed by atoms with Crippen molar-refractivity contribution in [1.29, 1.82) is 0 Å². The first-order valence-corrected chi connectivity index (χ1v) is 7.04. The first-order valence-electron chi connectivity index (χ1n) is 6.66. The highest BCUT2D eigenvalue weighted by atomic mass is 35.5. The molecule has 5 heteroatoms. The minimum atomic E-state index is -0.286. The van der Waals surface area contributed by atoms with Crippen molar-refractivity contribution >= 4 is 22.6 Å². The molecule has 3 rings (SSSR count). The maximum atomic E-state index is 12.5. The number of hydrogen-bond donors (Lipinski definition) is 1. The van der Waals surface area contributed by atoms with Gasteiger partial charge in [0.2, 0.25) is 11.2 Å². The van der Waals surface area contributed by atoms with Gasteiger partial charge in [-0.25, -0.2) is 0 Å². The Morgan fingerprint density at radius 3 is 2.64 bits per heavy atom. The van der Waals surface area contributed by atoms with Gasteiger partial charge in [0.15, 0.2) is 0 Å². The van der Waals surface area contributed by atoms with E-state index in [-0.39, 0.29) is 16.9 Å². The third-order valence-electron chi connectivity index (χ3n) is 3.35. The highest BCUT2D eigenvalue weighted by Crippen LogP contribution is 2.28. The van der Waals surface area contributed by atoms with Crippen LogP contribution in [0.3, 0.4) is 0 Å². The van der Waals surface area contributed by atoms with Gasteiger partial charge in [0.25, 0.3) is 0 Å². The van der Waals surface area contributed by atoms with Crippen molar-refractivity contribution in [2.45, 2.75) is 13.8 Å². The largest absolute Gasteiger partial charge is 0.508 e. The molecule has 0 radical (unpaired) electrons. The lowest BCUT2D eigenvalue weighted by Gasteiger charge is -2.10. The van der Waals surface area contributed by atoms with E-state index in [9.17, 15) is 9.90 Å². The van der Waals surface area contributed by atoms with E-state index in [2.05, 4.69) is 0 Å². The fraction of sp³-hybridized carbons (Fsp3) is 0.118. The number of halogens is 1. The molecule has 2 aromatic carbocycles. The Morgan fingerprint density at radius 2 is 1.91 bits per heavy atom. The van der Waals surface area contributed by atoms with Crippen LogP contribution in [0.1, 0.15) is 11.3 Å². The van der Waals surface area contributed by atoms with Gasteiger partial charge in [0.05, 0.1) is 5.39 Å². The van der Waals surface area contributed by atoms with Gasteiger partial charge < -0.3 is 14.3 Å². The molecule has 0 fully saturated rings. The Hall–Kier alpha value is -2.46. The average Bonchev–Trinajstić information content (AvgIpc) is 2.46. The number of hydrogen-bond acceptors (Lipinski definition) is 4. The molecule has 1 N–H and O–H groups in total. The van der Waals surface area contributed by atoms with Crippen LogP contribution < -0.4 is 10.2 Å². The fourth-order valence-electron chi connectivity index (χ4n) is 2.19. The minimum absolute atomic E-state index is 0.0389. The number of phenolic OH excluding ortho intramolecular Hbond substituents is 1. The summed E-state index contributed by atoms with van der Waals surface area (Å²) >= 11 is 5.98. The zero-order valence-corrected chi connectivity index (χ0v) is 12.8. The standard InChI is InChI=1S/C17H13ClO4/c1-9-7-12(4-6-14(9)18)22-17-10(2)21-15-8-11(19)3-5-13(15)16(17)20/h3-8,19H,1-2H3. The molecule has 3 aromatic rings. The topological polar surface area (TPSA) is 59.7 Å². The summed E-state index contributed by atoms with van der Waals surface area (Å²) in [4.78, 5) is 12.5. The molecule has 0 aliphatic carbocycles. The number of rotatable bonds is 2. The van der Waals surface area contributed by atoms with Crippen LogP contribution in [0.4, 0.5) is 0 Å². The molecule has 0 saturated carbocycles. The van der Waals surface area contributed by atoms with Crippen LogP contribution in [-0.2, 0) is 0 Å². The number of benzene rings is 2. The predicted octanol–water partition coefficient (Wildman–Crippen LogP) is 4.56. The van der Waals surface area contributed by atoms with Gasteiger partial charge >= 0.3 is 0 Å². The molecule has 0 saturated heterocycles. The van der Waals surface area contributed by atoms with Gasteiger partial charge in [-0.1, -0.05) is 11.6 Å². The van der Waals surface area contributed by atoms with E-state index in [0.29, 0.717) is 27.5 Å². The zero-order valence-electron chi connectivity index (χ0n) is 12.0. The number of ether oxygens (including phenoxy) is 1. The molecule has 0 atom stereocenters. The molecule has 112 valence electrons.